The standard InChI is InChI=1S/C9H7N3O2/c13-6-7-2-1-5-12(8(7)14)9-10-3-4-11-9/h1-6H,(H,10,11). The van der Waals surface area contributed by atoms with Crippen molar-refractivity contribution in [3.8, 4) is 5.95 Å². The number of hydrogen-bond donors (Lipinski definition) is 1. The van der Waals surface area contributed by atoms with Crippen LogP contribution in [0.5, 0.6) is 0 Å². The second kappa shape index (κ2) is 3.29. The molecule has 2 aromatic rings. The van der Waals surface area contributed by atoms with E-state index in [2.05, 4.69) is 9.97 Å². The van der Waals surface area contributed by atoms with Gasteiger partial charge in [-0.2, -0.15) is 0 Å². The first-order valence-corrected chi connectivity index (χ1v) is 3.99. The van der Waals surface area contributed by atoms with E-state index < -0.39 is 0 Å². The van der Waals surface area contributed by atoms with E-state index in [1.54, 1.807) is 18.5 Å². The Labute approximate surface area is 79.0 Å². The molecule has 0 aliphatic heterocycles. The van der Waals surface area contributed by atoms with Gasteiger partial charge in [0, 0.05) is 18.6 Å². The molecule has 0 atom stereocenters. The first kappa shape index (κ1) is 8.43. The quantitative estimate of drug-likeness (QED) is 0.694. The van der Waals surface area contributed by atoms with E-state index >= 15 is 0 Å². The van der Waals surface area contributed by atoms with Gasteiger partial charge in [-0.3, -0.25) is 14.2 Å². The minimum atomic E-state index is -0.377. The van der Waals surface area contributed by atoms with E-state index in [-0.39, 0.29) is 11.1 Å². The molecule has 70 valence electrons. The molecule has 0 aromatic carbocycles. The van der Waals surface area contributed by atoms with Crippen molar-refractivity contribution < 1.29 is 4.79 Å². The fourth-order valence-electron chi connectivity index (χ4n) is 1.16. The van der Waals surface area contributed by atoms with Gasteiger partial charge in [0.25, 0.3) is 5.56 Å². The molecular weight excluding hydrogens is 182 g/mol. The summed E-state index contributed by atoms with van der Waals surface area (Å²) in [5.41, 5.74) is -0.263. The van der Waals surface area contributed by atoms with Crippen LogP contribution in [0.3, 0.4) is 0 Å². The zero-order valence-electron chi connectivity index (χ0n) is 7.18. The first-order chi connectivity index (χ1) is 6.83. The number of H-pyrrole nitrogens is 1. The van der Waals surface area contributed by atoms with Crippen molar-refractivity contribution in [2.45, 2.75) is 0 Å². The molecule has 0 radical (unpaired) electrons. The lowest BCUT2D eigenvalue weighted by atomic mass is 10.3. The van der Waals surface area contributed by atoms with Crippen molar-refractivity contribution in [2.75, 3.05) is 0 Å². The normalized spacial score (nSPS) is 10.0. The van der Waals surface area contributed by atoms with Crippen LogP contribution in [0, 0.1) is 0 Å². The minimum absolute atomic E-state index is 0.115. The molecule has 0 saturated heterocycles. The molecule has 0 fully saturated rings. The zero-order chi connectivity index (χ0) is 9.97. The number of rotatable bonds is 2. The Morgan fingerprint density at radius 2 is 2.36 bits per heavy atom. The summed E-state index contributed by atoms with van der Waals surface area (Å²) < 4.78 is 1.28. The molecule has 5 nitrogen and oxygen atoms in total. The molecule has 0 saturated carbocycles. The summed E-state index contributed by atoms with van der Waals surface area (Å²) in [4.78, 5) is 28.8. The summed E-state index contributed by atoms with van der Waals surface area (Å²) in [7, 11) is 0. The van der Waals surface area contributed by atoms with Crippen LogP contribution in [0.15, 0.2) is 35.5 Å². The maximum Gasteiger partial charge on any atom is 0.268 e. The smallest absolute Gasteiger partial charge is 0.268 e. The Hall–Kier alpha value is -2.17. The number of pyridine rings is 1. The van der Waals surface area contributed by atoms with E-state index in [1.807, 2.05) is 0 Å². The average molecular weight is 189 g/mol. The number of nitrogens with zero attached hydrogens (tertiary/aromatic N) is 2. The average Bonchev–Trinajstić information content (AvgIpc) is 2.71. The molecule has 2 rings (SSSR count). The van der Waals surface area contributed by atoms with Crippen LogP contribution in [0.2, 0.25) is 0 Å². The lowest BCUT2D eigenvalue weighted by molar-refractivity contribution is 0.112. The SMILES string of the molecule is O=Cc1cccn(-c2ncc[nH]2)c1=O. The maximum absolute atomic E-state index is 11.6. The van der Waals surface area contributed by atoms with Gasteiger partial charge in [-0.05, 0) is 12.1 Å². The minimum Gasteiger partial charge on any atom is -0.330 e. The number of aromatic amines is 1. The van der Waals surface area contributed by atoms with Crippen LogP contribution in [-0.4, -0.2) is 20.8 Å². The van der Waals surface area contributed by atoms with Gasteiger partial charge >= 0.3 is 0 Å². The second-order valence-corrected chi connectivity index (χ2v) is 2.67. The third kappa shape index (κ3) is 1.24. The molecule has 0 aliphatic carbocycles. The highest BCUT2D eigenvalue weighted by Gasteiger charge is 2.04. The van der Waals surface area contributed by atoms with E-state index in [9.17, 15) is 9.59 Å². The largest absolute Gasteiger partial charge is 0.330 e. The van der Waals surface area contributed by atoms with Gasteiger partial charge in [0.2, 0.25) is 5.95 Å². The predicted octanol–water partition coefficient (Wildman–Crippen LogP) is 0.373. The van der Waals surface area contributed by atoms with Crippen LogP contribution >= 0.6 is 0 Å². The number of hydrogen-bond acceptors (Lipinski definition) is 3. The summed E-state index contributed by atoms with van der Waals surface area (Å²) in [6.07, 6.45) is 5.22. The van der Waals surface area contributed by atoms with Crippen molar-refractivity contribution in [1.82, 2.24) is 14.5 Å². The molecule has 1 N–H and O–H groups in total. The maximum atomic E-state index is 11.6. The number of imidazole rings is 1. The van der Waals surface area contributed by atoms with Gasteiger partial charge in [-0.25, -0.2) is 4.98 Å². The number of carbonyl (C=O) groups is 1. The highest BCUT2D eigenvalue weighted by Crippen LogP contribution is 1.96. The third-order valence-corrected chi connectivity index (χ3v) is 1.82. The van der Waals surface area contributed by atoms with Crippen molar-refractivity contribution in [3.05, 3.63) is 46.6 Å². The van der Waals surface area contributed by atoms with Crippen LogP contribution < -0.4 is 5.56 Å². The number of aromatic nitrogens is 3. The van der Waals surface area contributed by atoms with Gasteiger partial charge in [0.05, 0.1) is 5.56 Å². The van der Waals surface area contributed by atoms with Crippen LogP contribution in [-0.2, 0) is 0 Å². The summed E-state index contributed by atoms with van der Waals surface area (Å²) in [5, 5.41) is 0. The van der Waals surface area contributed by atoms with Gasteiger partial charge in [0.15, 0.2) is 6.29 Å². The van der Waals surface area contributed by atoms with E-state index in [1.165, 1.54) is 16.8 Å². The lowest BCUT2D eigenvalue weighted by Crippen LogP contribution is -2.21. The Kier molecular flexibility index (Phi) is 1.98. The van der Waals surface area contributed by atoms with Gasteiger partial charge in [-0.15, -0.1) is 0 Å². The van der Waals surface area contributed by atoms with Crippen LogP contribution in [0.4, 0.5) is 0 Å². The third-order valence-electron chi connectivity index (χ3n) is 1.82. The summed E-state index contributed by atoms with van der Waals surface area (Å²) >= 11 is 0. The molecule has 0 spiro atoms. The molecule has 2 heterocycles. The fourth-order valence-corrected chi connectivity index (χ4v) is 1.16. The highest BCUT2D eigenvalue weighted by atomic mass is 16.1. The number of carbonyl (C=O) groups excluding carboxylic acids is 1. The monoisotopic (exact) mass is 189 g/mol. The van der Waals surface area contributed by atoms with Crippen molar-refractivity contribution in [2.24, 2.45) is 0 Å². The van der Waals surface area contributed by atoms with Gasteiger partial charge < -0.3 is 4.98 Å². The number of aldehydes is 1. The van der Waals surface area contributed by atoms with Crippen molar-refractivity contribution >= 4 is 6.29 Å². The Bertz CT molecular complexity index is 499. The van der Waals surface area contributed by atoms with E-state index in [4.69, 9.17) is 0 Å². The second-order valence-electron chi connectivity index (χ2n) is 2.67. The van der Waals surface area contributed by atoms with E-state index in [0.717, 1.165) is 0 Å². The molecule has 0 unspecified atom stereocenters. The van der Waals surface area contributed by atoms with E-state index in [0.29, 0.717) is 12.2 Å². The topological polar surface area (TPSA) is 67.8 Å². The number of nitrogens with one attached hydrogen (secondary N) is 1. The Balaban J connectivity index is 2.66. The molecule has 0 amide bonds. The first-order valence-electron chi connectivity index (χ1n) is 3.99. The Morgan fingerprint density at radius 3 is 3.00 bits per heavy atom. The van der Waals surface area contributed by atoms with Crippen LogP contribution in [0.25, 0.3) is 5.95 Å². The zero-order valence-corrected chi connectivity index (χ0v) is 7.18. The fraction of sp³-hybridized carbons (Fsp3) is 0. The van der Waals surface area contributed by atoms with Crippen molar-refractivity contribution in [3.63, 3.8) is 0 Å². The molecular formula is C9H7N3O2. The van der Waals surface area contributed by atoms with Crippen LogP contribution in [0.1, 0.15) is 10.4 Å². The highest BCUT2D eigenvalue weighted by molar-refractivity contribution is 5.73. The predicted molar refractivity (Wildman–Crippen MR) is 49.6 cm³/mol. The molecule has 5 heteroatoms. The molecule has 0 bridgehead atoms. The summed E-state index contributed by atoms with van der Waals surface area (Å²) in [5.74, 6) is 0.402. The molecule has 14 heavy (non-hydrogen) atoms. The van der Waals surface area contributed by atoms with Gasteiger partial charge in [0.1, 0.15) is 0 Å². The van der Waals surface area contributed by atoms with Crippen molar-refractivity contribution in [1.29, 1.82) is 0 Å². The lowest BCUT2D eigenvalue weighted by Gasteiger charge is -2.00. The molecule has 0 aliphatic rings. The van der Waals surface area contributed by atoms with Gasteiger partial charge in [-0.1, -0.05) is 0 Å². The summed E-state index contributed by atoms with van der Waals surface area (Å²) in [6.45, 7) is 0. The summed E-state index contributed by atoms with van der Waals surface area (Å²) in [6, 6.07) is 3.09. The molecule has 2 aromatic heterocycles. The Morgan fingerprint density at radius 1 is 1.50 bits per heavy atom.